The maximum absolute atomic E-state index is 11.0. The van der Waals surface area contributed by atoms with Gasteiger partial charge < -0.3 is 10.0 Å². The average Bonchev–Trinajstić information content (AvgIpc) is 2.60. The SMILES string of the molecule is CCCCCCCCCCCCCCCCCC/C=C(\C(=O)O)N(C)C. The number of likely N-dealkylation sites (N-methyl/N-ethyl adjacent to an activating group) is 1. The van der Waals surface area contributed by atoms with Gasteiger partial charge in [-0.05, 0) is 12.8 Å². The molecule has 0 amide bonds. The number of carboxylic acids is 1. The van der Waals surface area contributed by atoms with Crippen LogP contribution in [0.1, 0.15) is 116 Å². The van der Waals surface area contributed by atoms with Crippen molar-refractivity contribution in [3.05, 3.63) is 11.8 Å². The third-order valence-corrected chi connectivity index (χ3v) is 5.10. The summed E-state index contributed by atoms with van der Waals surface area (Å²) in [6, 6.07) is 0. The molecule has 0 radical (unpaired) electrons. The van der Waals surface area contributed by atoms with Crippen LogP contribution in [-0.2, 0) is 4.79 Å². The van der Waals surface area contributed by atoms with Gasteiger partial charge in [0.25, 0.3) is 0 Å². The Morgan fingerprint density at radius 2 is 1.04 bits per heavy atom. The highest BCUT2D eigenvalue weighted by Gasteiger charge is 2.07. The molecule has 0 bridgehead atoms. The summed E-state index contributed by atoms with van der Waals surface area (Å²) >= 11 is 0. The second kappa shape index (κ2) is 18.8. The number of hydrogen-bond donors (Lipinski definition) is 1. The Kier molecular flexibility index (Phi) is 18.1. The maximum atomic E-state index is 11.0. The monoisotopic (exact) mass is 367 g/mol. The van der Waals surface area contributed by atoms with Crippen molar-refractivity contribution >= 4 is 5.97 Å². The second-order valence-corrected chi connectivity index (χ2v) is 7.88. The van der Waals surface area contributed by atoms with Gasteiger partial charge in [-0.2, -0.15) is 0 Å². The van der Waals surface area contributed by atoms with Crippen molar-refractivity contribution in [1.29, 1.82) is 0 Å². The van der Waals surface area contributed by atoms with Gasteiger partial charge in [-0.1, -0.05) is 109 Å². The Bertz CT molecular complexity index is 350. The number of nitrogens with zero attached hydrogens (tertiary/aromatic N) is 1. The zero-order valence-corrected chi connectivity index (χ0v) is 17.9. The summed E-state index contributed by atoms with van der Waals surface area (Å²) in [5.41, 5.74) is 0.408. The normalized spacial score (nSPS) is 11.7. The van der Waals surface area contributed by atoms with E-state index in [-0.39, 0.29) is 0 Å². The molecule has 0 heterocycles. The molecule has 3 nitrogen and oxygen atoms in total. The Balaban J connectivity index is 3.27. The fourth-order valence-corrected chi connectivity index (χ4v) is 3.39. The minimum Gasteiger partial charge on any atom is -0.477 e. The zero-order chi connectivity index (χ0) is 19.5. The van der Waals surface area contributed by atoms with E-state index in [0.29, 0.717) is 5.70 Å². The van der Waals surface area contributed by atoms with Crippen molar-refractivity contribution in [2.75, 3.05) is 14.1 Å². The van der Waals surface area contributed by atoms with Gasteiger partial charge in [-0.15, -0.1) is 0 Å². The molecule has 0 rings (SSSR count). The molecule has 0 unspecified atom stereocenters. The van der Waals surface area contributed by atoms with Gasteiger partial charge in [0.2, 0.25) is 0 Å². The lowest BCUT2D eigenvalue weighted by molar-refractivity contribution is -0.134. The second-order valence-electron chi connectivity index (χ2n) is 7.88. The quantitative estimate of drug-likeness (QED) is 0.194. The van der Waals surface area contributed by atoms with Gasteiger partial charge in [0.15, 0.2) is 0 Å². The molecule has 0 spiro atoms. The molecule has 26 heavy (non-hydrogen) atoms. The molecule has 0 saturated carbocycles. The first-order chi connectivity index (χ1) is 12.6. The van der Waals surface area contributed by atoms with Gasteiger partial charge in [-0.3, -0.25) is 0 Å². The van der Waals surface area contributed by atoms with Crippen LogP contribution in [-0.4, -0.2) is 30.1 Å². The Labute approximate surface area is 163 Å². The average molecular weight is 368 g/mol. The molecule has 1 N–H and O–H groups in total. The molecule has 0 atom stereocenters. The van der Waals surface area contributed by atoms with Gasteiger partial charge in [-0.25, -0.2) is 4.79 Å². The van der Waals surface area contributed by atoms with Crippen LogP contribution in [0.2, 0.25) is 0 Å². The van der Waals surface area contributed by atoms with E-state index >= 15 is 0 Å². The third-order valence-electron chi connectivity index (χ3n) is 5.10. The summed E-state index contributed by atoms with van der Waals surface area (Å²) in [5.74, 6) is -0.827. The van der Waals surface area contributed by atoms with Crippen LogP contribution in [0, 0.1) is 0 Å². The molecular formula is C23H45NO2. The number of rotatable bonds is 19. The van der Waals surface area contributed by atoms with E-state index < -0.39 is 5.97 Å². The predicted octanol–water partition coefficient (Wildman–Crippen LogP) is 7.17. The highest BCUT2D eigenvalue weighted by atomic mass is 16.4. The molecule has 154 valence electrons. The minimum absolute atomic E-state index is 0.408. The largest absolute Gasteiger partial charge is 0.477 e. The third kappa shape index (κ3) is 16.5. The van der Waals surface area contributed by atoms with E-state index in [0.717, 1.165) is 12.8 Å². The topological polar surface area (TPSA) is 40.5 Å². The fraction of sp³-hybridized carbons (Fsp3) is 0.870. The maximum Gasteiger partial charge on any atom is 0.351 e. The Hall–Kier alpha value is -0.990. The lowest BCUT2D eigenvalue weighted by Gasteiger charge is -2.12. The Morgan fingerprint density at radius 1 is 0.692 bits per heavy atom. The first-order valence-electron chi connectivity index (χ1n) is 11.2. The molecular weight excluding hydrogens is 322 g/mol. The van der Waals surface area contributed by atoms with E-state index in [1.54, 1.807) is 19.0 Å². The first-order valence-corrected chi connectivity index (χ1v) is 11.2. The molecule has 0 saturated heterocycles. The molecule has 3 heteroatoms. The summed E-state index contributed by atoms with van der Waals surface area (Å²) in [5, 5.41) is 9.07. The fourth-order valence-electron chi connectivity index (χ4n) is 3.39. The van der Waals surface area contributed by atoms with Crippen LogP contribution in [0.5, 0.6) is 0 Å². The zero-order valence-electron chi connectivity index (χ0n) is 17.9. The number of carboxylic acid groups (broad SMARTS) is 1. The van der Waals surface area contributed by atoms with Crippen molar-refractivity contribution in [2.24, 2.45) is 0 Å². The van der Waals surface area contributed by atoms with E-state index in [1.807, 2.05) is 6.08 Å². The summed E-state index contributed by atoms with van der Waals surface area (Å²) < 4.78 is 0. The van der Waals surface area contributed by atoms with E-state index in [4.69, 9.17) is 5.11 Å². The van der Waals surface area contributed by atoms with E-state index in [2.05, 4.69) is 6.92 Å². The molecule has 0 fully saturated rings. The number of carbonyl (C=O) groups is 1. The van der Waals surface area contributed by atoms with E-state index in [1.165, 1.54) is 96.3 Å². The van der Waals surface area contributed by atoms with Crippen molar-refractivity contribution < 1.29 is 9.90 Å². The Morgan fingerprint density at radius 3 is 1.35 bits per heavy atom. The van der Waals surface area contributed by atoms with Gasteiger partial charge >= 0.3 is 5.97 Å². The highest BCUT2D eigenvalue weighted by molar-refractivity contribution is 5.85. The lowest BCUT2D eigenvalue weighted by atomic mass is 10.0. The molecule has 0 aromatic carbocycles. The van der Waals surface area contributed by atoms with Crippen LogP contribution in [0.3, 0.4) is 0 Å². The first kappa shape index (κ1) is 25.0. The number of unbranched alkanes of at least 4 members (excludes halogenated alkanes) is 16. The number of hydrogen-bond acceptors (Lipinski definition) is 2. The predicted molar refractivity (Wildman–Crippen MR) is 114 cm³/mol. The number of aliphatic carboxylic acids is 1. The van der Waals surface area contributed by atoms with Crippen molar-refractivity contribution in [3.8, 4) is 0 Å². The molecule has 0 aromatic heterocycles. The lowest BCUT2D eigenvalue weighted by Crippen LogP contribution is -2.18. The smallest absolute Gasteiger partial charge is 0.351 e. The van der Waals surface area contributed by atoms with Crippen LogP contribution in [0.4, 0.5) is 0 Å². The van der Waals surface area contributed by atoms with Crippen LogP contribution in [0.25, 0.3) is 0 Å². The van der Waals surface area contributed by atoms with Crippen LogP contribution < -0.4 is 0 Å². The summed E-state index contributed by atoms with van der Waals surface area (Å²) in [6.45, 7) is 2.28. The minimum atomic E-state index is -0.827. The highest BCUT2D eigenvalue weighted by Crippen LogP contribution is 2.14. The van der Waals surface area contributed by atoms with Gasteiger partial charge in [0.1, 0.15) is 5.70 Å². The molecule has 0 aromatic rings. The van der Waals surface area contributed by atoms with E-state index in [9.17, 15) is 4.79 Å². The number of allylic oxidation sites excluding steroid dienone is 1. The summed E-state index contributed by atoms with van der Waals surface area (Å²) in [6.07, 6.45) is 24.6. The molecule has 0 aliphatic rings. The standard InChI is InChI=1S/C23H45NO2/c1-4-5-6-7-8-9-10-11-12-13-14-15-16-17-18-19-20-21-22(23(25)26)24(2)3/h21H,4-20H2,1-3H3,(H,25,26)/b22-21+. The van der Waals surface area contributed by atoms with Crippen LogP contribution in [0.15, 0.2) is 11.8 Å². The van der Waals surface area contributed by atoms with Crippen molar-refractivity contribution in [2.45, 2.75) is 116 Å². The molecule has 0 aliphatic heterocycles. The van der Waals surface area contributed by atoms with Gasteiger partial charge in [0, 0.05) is 14.1 Å². The molecule has 0 aliphatic carbocycles. The van der Waals surface area contributed by atoms with Crippen molar-refractivity contribution in [1.82, 2.24) is 4.90 Å². The van der Waals surface area contributed by atoms with Crippen LogP contribution >= 0.6 is 0 Å². The summed E-state index contributed by atoms with van der Waals surface area (Å²) in [4.78, 5) is 12.7. The van der Waals surface area contributed by atoms with Gasteiger partial charge in [0.05, 0.1) is 0 Å². The summed E-state index contributed by atoms with van der Waals surface area (Å²) in [7, 11) is 3.57. The van der Waals surface area contributed by atoms with Crippen molar-refractivity contribution in [3.63, 3.8) is 0 Å².